The molecule has 0 saturated carbocycles. The quantitative estimate of drug-likeness (QED) is 0.860. The Morgan fingerprint density at radius 2 is 2.10 bits per heavy atom. The molecule has 5 heteroatoms. The number of hydrogen-bond donors (Lipinski definition) is 2. The van der Waals surface area contributed by atoms with E-state index in [1.54, 1.807) is 14.2 Å². The zero-order valence-corrected chi connectivity index (χ0v) is 12.9. The molecule has 1 aromatic rings. The highest BCUT2D eigenvalue weighted by Gasteiger charge is 2.22. The highest BCUT2D eigenvalue weighted by molar-refractivity contribution is 5.79. The molecule has 0 radical (unpaired) electrons. The lowest BCUT2D eigenvalue weighted by Gasteiger charge is -2.30. The third-order valence-electron chi connectivity index (χ3n) is 3.99. The van der Waals surface area contributed by atoms with Crippen LogP contribution in [0.3, 0.4) is 0 Å². The Bertz CT molecular complexity index is 490. The van der Waals surface area contributed by atoms with Crippen LogP contribution in [0.4, 0.5) is 0 Å². The molecule has 0 aromatic heterocycles. The fraction of sp³-hybridized carbons (Fsp3) is 0.562. The summed E-state index contributed by atoms with van der Waals surface area (Å²) in [6.07, 6.45) is 1.45. The molecule has 5 nitrogen and oxygen atoms in total. The van der Waals surface area contributed by atoms with E-state index in [9.17, 15) is 4.79 Å². The van der Waals surface area contributed by atoms with E-state index in [-0.39, 0.29) is 11.9 Å². The molecule has 2 N–H and O–H groups in total. The second-order valence-electron chi connectivity index (χ2n) is 5.51. The van der Waals surface area contributed by atoms with Crippen LogP contribution in [0, 0.1) is 5.92 Å². The number of rotatable bonds is 5. The molecule has 2 rings (SSSR count). The fourth-order valence-electron chi connectivity index (χ4n) is 2.62. The van der Waals surface area contributed by atoms with Gasteiger partial charge in [-0.3, -0.25) is 4.79 Å². The SMILES string of the molecule is COc1ccc(CC(=O)NC2CNCCC2C)cc1OC. The van der Waals surface area contributed by atoms with Crippen LogP contribution in [-0.2, 0) is 11.2 Å². The Kier molecular flexibility index (Phi) is 5.44. The lowest BCUT2D eigenvalue weighted by Crippen LogP contribution is -2.50. The largest absolute Gasteiger partial charge is 0.493 e. The van der Waals surface area contributed by atoms with E-state index < -0.39 is 0 Å². The molecule has 21 heavy (non-hydrogen) atoms. The first kappa shape index (κ1) is 15.6. The van der Waals surface area contributed by atoms with Crippen LogP contribution >= 0.6 is 0 Å². The van der Waals surface area contributed by atoms with Gasteiger partial charge in [0.1, 0.15) is 0 Å². The molecule has 1 aliphatic heterocycles. The van der Waals surface area contributed by atoms with E-state index in [0.717, 1.165) is 25.1 Å². The van der Waals surface area contributed by atoms with Gasteiger partial charge < -0.3 is 20.1 Å². The van der Waals surface area contributed by atoms with Gasteiger partial charge in [0.25, 0.3) is 0 Å². The number of amides is 1. The summed E-state index contributed by atoms with van der Waals surface area (Å²) in [4.78, 5) is 12.2. The van der Waals surface area contributed by atoms with Crippen molar-refractivity contribution in [1.29, 1.82) is 0 Å². The van der Waals surface area contributed by atoms with Crippen LogP contribution < -0.4 is 20.1 Å². The van der Waals surface area contributed by atoms with E-state index in [2.05, 4.69) is 17.6 Å². The summed E-state index contributed by atoms with van der Waals surface area (Å²) >= 11 is 0. The molecule has 1 aromatic carbocycles. The summed E-state index contributed by atoms with van der Waals surface area (Å²) in [5, 5.41) is 6.43. The lowest BCUT2D eigenvalue weighted by atomic mass is 9.94. The predicted octanol–water partition coefficient (Wildman–Crippen LogP) is 1.36. The molecular weight excluding hydrogens is 268 g/mol. The molecule has 0 aliphatic carbocycles. The van der Waals surface area contributed by atoms with Crippen molar-refractivity contribution in [3.8, 4) is 11.5 Å². The number of benzene rings is 1. The minimum absolute atomic E-state index is 0.0442. The Labute approximate surface area is 126 Å². The van der Waals surface area contributed by atoms with Crippen LogP contribution in [0.5, 0.6) is 11.5 Å². The van der Waals surface area contributed by atoms with Gasteiger partial charge in [-0.25, -0.2) is 0 Å². The van der Waals surface area contributed by atoms with Crippen molar-refractivity contribution in [1.82, 2.24) is 10.6 Å². The average molecular weight is 292 g/mol. The maximum atomic E-state index is 12.2. The van der Waals surface area contributed by atoms with E-state index in [0.29, 0.717) is 23.8 Å². The minimum atomic E-state index is 0.0442. The molecule has 0 bridgehead atoms. The topological polar surface area (TPSA) is 59.6 Å². The first-order valence-electron chi connectivity index (χ1n) is 7.35. The Morgan fingerprint density at radius 3 is 2.76 bits per heavy atom. The number of nitrogens with one attached hydrogen (secondary N) is 2. The highest BCUT2D eigenvalue weighted by Crippen LogP contribution is 2.27. The maximum Gasteiger partial charge on any atom is 0.224 e. The first-order chi connectivity index (χ1) is 10.1. The van der Waals surface area contributed by atoms with E-state index >= 15 is 0 Å². The fourth-order valence-corrected chi connectivity index (χ4v) is 2.62. The molecular formula is C16H24N2O3. The van der Waals surface area contributed by atoms with Crippen LogP contribution in [-0.4, -0.2) is 39.3 Å². The Morgan fingerprint density at radius 1 is 1.33 bits per heavy atom. The van der Waals surface area contributed by atoms with Crippen molar-refractivity contribution < 1.29 is 14.3 Å². The zero-order valence-electron chi connectivity index (χ0n) is 12.9. The van der Waals surface area contributed by atoms with Crippen LogP contribution in [0.25, 0.3) is 0 Å². The molecule has 1 amide bonds. The number of piperidine rings is 1. The number of hydrogen-bond acceptors (Lipinski definition) is 4. The maximum absolute atomic E-state index is 12.2. The Balaban J connectivity index is 1.96. The zero-order chi connectivity index (χ0) is 15.2. The van der Waals surface area contributed by atoms with E-state index in [1.165, 1.54) is 0 Å². The molecule has 1 heterocycles. The minimum Gasteiger partial charge on any atom is -0.493 e. The van der Waals surface area contributed by atoms with E-state index in [1.807, 2.05) is 18.2 Å². The lowest BCUT2D eigenvalue weighted by molar-refractivity contribution is -0.121. The molecule has 1 aliphatic rings. The van der Waals surface area contributed by atoms with Gasteiger partial charge in [0.05, 0.1) is 20.6 Å². The average Bonchev–Trinajstić information content (AvgIpc) is 2.49. The van der Waals surface area contributed by atoms with Crippen LogP contribution in [0.1, 0.15) is 18.9 Å². The molecule has 2 atom stereocenters. The van der Waals surface area contributed by atoms with Crippen LogP contribution in [0.2, 0.25) is 0 Å². The number of ether oxygens (including phenoxy) is 2. The van der Waals surface area contributed by atoms with Crippen LogP contribution in [0.15, 0.2) is 18.2 Å². The summed E-state index contributed by atoms with van der Waals surface area (Å²) < 4.78 is 10.5. The third kappa shape index (κ3) is 4.11. The third-order valence-corrected chi connectivity index (χ3v) is 3.99. The van der Waals surface area contributed by atoms with Crippen molar-refractivity contribution in [2.45, 2.75) is 25.8 Å². The molecule has 1 fully saturated rings. The second kappa shape index (κ2) is 7.31. The number of carbonyl (C=O) groups excluding carboxylic acids is 1. The standard InChI is InChI=1S/C16H24N2O3/c1-11-6-7-17-10-13(11)18-16(19)9-12-4-5-14(20-2)15(8-12)21-3/h4-5,8,11,13,17H,6-7,9-10H2,1-3H3,(H,18,19). The van der Waals surface area contributed by atoms with Gasteiger partial charge in [0.15, 0.2) is 11.5 Å². The van der Waals surface area contributed by atoms with Gasteiger partial charge >= 0.3 is 0 Å². The summed E-state index contributed by atoms with van der Waals surface area (Å²) in [5.74, 6) is 1.88. The van der Waals surface area contributed by atoms with Gasteiger partial charge in [-0.1, -0.05) is 13.0 Å². The number of carbonyl (C=O) groups is 1. The molecule has 0 spiro atoms. The van der Waals surface area contributed by atoms with Crippen molar-refractivity contribution in [2.75, 3.05) is 27.3 Å². The van der Waals surface area contributed by atoms with Gasteiger partial charge in [-0.2, -0.15) is 0 Å². The van der Waals surface area contributed by atoms with E-state index in [4.69, 9.17) is 9.47 Å². The van der Waals surface area contributed by atoms with Gasteiger partial charge in [-0.15, -0.1) is 0 Å². The van der Waals surface area contributed by atoms with Crippen molar-refractivity contribution in [2.24, 2.45) is 5.92 Å². The number of methoxy groups -OCH3 is 2. The van der Waals surface area contributed by atoms with Gasteiger partial charge in [0, 0.05) is 12.6 Å². The molecule has 1 saturated heterocycles. The molecule has 116 valence electrons. The normalized spacial score (nSPS) is 21.7. The summed E-state index contributed by atoms with van der Waals surface area (Å²) in [5.41, 5.74) is 0.918. The summed E-state index contributed by atoms with van der Waals surface area (Å²) in [6, 6.07) is 5.78. The molecule has 2 unspecified atom stereocenters. The monoisotopic (exact) mass is 292 g/mol. The van der Waals surface area contributed by atoms with Gasteiger partial charge in [-0.05, 0) is 36.6 Å². The highest BCUT2D eigenvalue weighted by atomic mass is 16.5. The second-order valence-corrected chi connectivity index (χ2v) is 5.51. The smallest absolute Gasteiger partial charge is 0.224 e. The van der Waals surface area contributed by atoms with Crippen molar-refractivity contribution >= 4 is 5.91 Å². The Hall–Kier alpha value is -1.75. The summed E-state index contributed by atoms with van der Waals surface area (Å²) in [6.45, 7) is 4.06. The van der Waals surface area contributed by atoms with Crippen molar-refractivity contribution in [3.63, 3.8) is 0 Å². The van der Waals surface area contributed by atoms with Crippen molar-refractivity contribution in [3.05, 3.63) is 23.8 Å². The first-order valence-corrected chi connectivity index (χ1v) is 7.35. The summed E-state index contributed by atoms with van der Waals surface area (Å²) in [7, 11) is 3.19. The predicted molar refractivity (Wildman–Crippen MR) is 81.8 cm³/mol. The van der Waals surface area contributed by atoms with Gasteiger partial charge in [0.2, 0.25) is 5.91 Å².